The van der Waals surface area contributed by atoms with Crippen molar-refractivity contribution in [2.75, 3.05) is 40.1 Å². The van der Waals surface area contributed by atoms with E-state index in [1.165, 1.54) is 7.11 Å². The van der Waals surface area contributed by atoms with Crippen molar-refractivity contribution in [1.29, 1.82) is 0 Å². The quantitative estimate of drug-likeness (QED) is 0.145. The van der Waals surface area contributed by atoms with Crippen molar-refractivity contribution in [2.45, 2.75) is 78.2 Å². The predicted molar refractivity (Wildman–Crippen MR) is 140 cm³/mol. The van der Waals surface area contributed by atoms with Gasteiger partial charge in [-0.15, -0.1) is 0 Å². The molecule has 11 unspecified atom stereocenters. The van der Waals surface area contributed by atoms with Crippen LogP contribution in [-0.4, -0.2) is 144 Å². The first-order valence-corrected chi connectivity index (χ1v) is 16.5. The highest BCUT2D eigenvalue weighted by molar-refractivity contribution is 7.47. The zero-order valence-corrected chi connectivity index (χ0v) is 24.6. The Labute approximate surface area is 234 Å². The Morgan fingerprint density at radius 2 is 1.35 bits per heavy atom. The molecule has 1 aliphatic carbocycles. The average molecular weight is 610 g/mol. The number of rotatable bonds is 12. The van der Waals surface area contributed by atoms with E-state index in [1.54, 1.807) is 23.5 Å². The van der Waals surface area contributed by atoms with Gasteiger partial charge in [0, 0.05) is 19.0 Å². The van der Waals surface area contributed by atoms with Crippen LogP contribution in [-0.2, 0) is 55.6 Å². The van der Waals surface area contributed by atoms with Crippen LogP contribution in [0, 0.1) is 5.92 Å². The maximum absolute atomic E-state index is 13.1. The Hall–Kier alpha value is 0.135. The highest BCUT2D eigenvalue weighted by Gasteiger charge is 2.65. The molecule has 40 heavy (non-hydrogen) atoms. The van der Waals surface area contributed by atoms with E-state index >= 15 is 0 Å². The Morgan fingerprint density at radius 1 is 0.800 bits per heavy atom. The highest BCUT2D eigenvalue weighted by atomic mass is 31.2. The Morgan fingerprint density at radius 3 is 1.93 bits per heavy atom. The first-order valence-electron chi connectivity index (χ1n) is 13.5. The van der Waals surface area contributed by atoms with Crippen molar-refractivity contribution in [3.05, 3.63) is 0 Å². The van der Waals surface area contributed by atoms with Crippen LogP contribution in [0.4, 0.5) is 0 Å². The molecular formula is C20H35B3O15P2. The maximum atomic E-state index is 13.1. The minimum absolute atomic E-state index is 0.0152. The number of aliphatic hydroxyl groups excluding tert-OH is 1. The summed E-state index contributed by atoms with van der Waals surface area (Å²) in [6.45, 7) is -0.600. The lowest BCUT2D eigenvalue weighted by Gasteiger charge is -2.34. The van der Waals surface area contributed by atoms with Crippen molar-refractivity contribution >= 4 is 39.2 Å². The molecule has 1 saturated carbocycles. The summed E-state index contributed by atoms with van der Waals surface area (Å²) < 4.78 is 82.3. The van der Waals surface area contributed by atoms with Gasteiger partial charge in [0.15, 0.2) is 0 Å². The van der Waals surface area contributed by atoms with Gasteiger partial charge in [0.25, 0.3) is 0 Å². The Bertz CT molecular complexity index is 1090. The van der Waals surface area contributed by atoms with E-state index in [-0.39, 0.29) is 37.7 Å². The molecule has 6 aliphatic rings. The molecule has 0 radical (unpaired) electrons. The minimum atomic E-state index is -4.69. The van der Waals surface area contributed by atoms with Crippen LogP contribution in [0.2, 0.25) is 0 Å². The first kappa shape index (κ1) is 30.2. The van der Waals surface area contributed by atoms with E-state index < -0.39 is 82.2 Å². The lowest BCUT2D eigenvalue weighted by atomic mass is 9.86. The second-order valence-electron chi connectivity index (χ2n) is 11.8. The molecular weight excluding hydrogens is 575 g/mol. The van der Waals surface area contributed by atoms with E-state index in [9.17, 15) is 24.0 Å². The number of phosphoric acid groups is 2. The number of hydrogen-bond acceptors (Lipinski definition) is 13. The molecule has 0 amide bonds. The molecule has 14 atom stereocenters. The summed E-state index contributed by atoms with van der Waals surface area (Å²) in [6.07, 6.45) is -3.06. The van der Waals surface area contributed by atoms with E-state index in [2.05, 4.69) is 0 Å². The van der Waals surface area contributed by atoms with Crippen molar-refractivity contribution in [3.8, 4) is 0 Å². The van der Waals surface area contributed by atoms with Gasteiger partial charge >= 0.3 is 15.6 Å². The largest absolute Gasteiger partial charge is 0.472 e. The van der Waals surface area contributed by atoms with Gasteiger partial charge in [-0.3, -0.25) is 18.1 Å². The highest BCUT2D eigenvalue weighted by Crippen LogP contribution is 2.59. The lowest BCUT2D eigenvalue weighted by Crippen LogP contribution is -2.46. The summed E-state index contributed by atoms with van der Waals surface area (Å²) in [5.41, 5.74) is -3.60. The van der Waals surface area contributed by atoms with E-state index in [0.29, 0.717) is 12.8 Å². The fraction of sp³-hybridized carbons (Fsp3) is 1.00. The SMILES string of the molecule is BC1O[C@@]2(COP(=O)(O)OC3C4OC[C@]3(COC)OC4B)CCC1C2OP(=O)(O)OC[C@@]12COC(C(B)O1)C2O. The Kier molecular flexibility index (Phi) is 7.81. The van der Waals surface area contributed by atoms with Crippen LogP contribution < -0.4 is 0 Å². The molecule has 224 valence electrons. The van der Waals surface area contributed by atoms with Gasteiger partial charge in [0.1, 0.15) is 70.9 Å². The molecule has 5 aliphatic heterocycles. The van der Waals surface area contributed by atoms with Crippen LogP contribution >= 0.6 is 15.6 Å². The van der Waals surface area contributed by atoms with Crippen molar-refractivity contribution in [3.63, 3.8) is 0 Å². The van der Waals surface area contributed by atoms with Gasteiger partial charge in [0.2, 0.25) is 0 Å². The standard InChI is InChI=1S/C20H35B3O15P2/c1-29-4-20-6-31-11(17(23)36-20)14(20)38-40(27,28)32-7-18-3-2-9(15(21)34-18)13(18)37-39(25,26)33-8-19-5-30-10(12(19)24)16(22)35-19/h9-17,24H,2-8,21-23H2,1H3,(H,25,26)(H,27,28)/t9?,10?,11?,12?,13?,14?,15?,16?,17?,18-,19-,20+/m1/s1. The fourth-order valence-electron chi connectivity index (χ4n) is 7.24. The number of fused-ring (bicyclic) bond motifs is 6. The minimum Gasteiger partial charge on any atom is -0.387 e. The van der Waals surface area contributed by atoms with E-state index in [4.69, 9.17) is 46.5 Å². The number of phosphoric ester groups is 2. The summed E-state index contributed by atoms with van der Waals surface area (Å²) in [5.74, 6) is -0.282. The van der Waals surface area contributed by atoms with Crippen molar-refractivity contribution in [2.24, 2.45) is 5.92 Å². The number of ether oxygens (including phenoxy) is 6. The van der Waals surface area contributed by atoms with E-state index in [0.717, 1.165) is 0 Å². The van der Waals surface area contributed by atoms with Gasteiger partial charge in [-0.05, 0) is 12.8 Å². The topological polar surface area (TPSA) is 187 Å². The average Bonchev–Trinajstić information content (AvgIpc) is 3.65. The molecule has 5 heterocycles. The smallest absolute Gasteiger partial charge is 0.387 e. The summed E-state index contributed by atoms with van der Waals surface area (Å²) in [5, 5.41) is 10.5. The fourth-order valence-corrected chi connectivity index (χ4v) is 9.36. The molecule has 0 aromatic carbocycles. The van der Waals surface area contributed by atoms with Crippen LogP contribution in [0.3, 0.4) is 0 Å². The maximum Gasteiger partial charge on any atom is 0.472 e. The molecule has 6 bridgehead atoms. The van der Waals surface area contributed by atoms with Crippen molar-refractivity contribution < 1.29 is 70.5 Å². The number of methoxy groups -OCH3 is 1. The molecule has 0 spiro atoms. The van der Waals surface area contributed by atoms with Gasteiger partial charge < -0.3 is 43.3 Å². The van der Waals surface area contributed by atoms with Gasteiger partial charge in [-0.25, -0.2) is 9.13 Å². The summed E-state index contributed by atoms with van der Waals surface area (Å²) >= 11 is 0. The molecule has 3 N–H and O–H groups in total. The molecule has 0 aromatic rings. The van der Waals surface area contributed by atoms with E-state index in [1.807, 2.05) is 0 Å². The molecule has 5 saturated heterocycles. The predicted octanol–water partition coefficient (Wildman–Crippen LogP) is -3.61. The molecule has 20 heteroatoms. The third-order valence-electron chi connectivity index (χ3n) is 9.13. The lowest BCUT2D eigenvalue weighted by molar-refractivity contribution is -0.142. The third kappa shape index (κ3) is 4.94. The number of aliphatic hydroxyl groups is 1. The van der Waals surface area contributed by atoms with Crippen LogP contribution in [0.5, 0.6) is 0 Å². The van der Waals surface area contributed by atoms with Gasteiger partial charge in [-0.2, -0.15) is 0 Å². The van der Waals surface area contributed by atoms with Crippen LogP contribution in [0.1, 0.15) is 12.8 Å². The summed E-state index contributed by atoms with van der Waals surface area (Å²) in [6, 6.07) is -1.14. The second kappa shape index (κ2) is 10.4. The normalized spacial score (nSPS) is 51.9. The molecule has 6 rings (SSSR count). The summed E-state index contributed by atoms with van der Waals surface area (Å²) in [7, 11) is -2.58. The summed E-state index contributed by atoms with van der Waals surface area (Å²) in [4.78, 5) is 21.3. The molecule has 0 aromatic heterocycles. The van der Waals surface area contributed by atoms with Gasteiger partial charge in [0.05, 0.1) is 45.0 Å². The molecule has 15 nitrogen and oxygen atoms in total. The first-order chi connectivity index (χ1) is 18.7. The van der Waals surface area contributed by atoms with Crippen molar-refractivity contribution in [1.82, 2.24) is 0 Å². The second-order valence-corrected chi connectivity index (χ2v) is 14.6. The third-order valence-corrected chi connectivity index (χ3v) is 11.0. The molecule has 6 fully saturated rings. The zero-order chi connectivity index (χ0) is 28.7. The monoisotopic (exact) mass is 610 g/mol. The zero-order valence-electron chi connectivity index (χ0n) is 22.8. The Balaban J connectivity index is 1.10. The number of hydrogen-bond donors (Lipinski definition) is 3. The van der Waals surface area contributed by atoms with Crippen LogP contribution in [0.25, 0.3) is 0 Å². The van der Waals surface area contributed by atoms with Gasteiger partial charge in [-0.1, -0.05) is 0 Å². The van der Waals surface area contributed by atoms with Crippen LogP contribution in [0.15, 0.2) is 0 Å².